The van der Waals surface area contributed by atoms with Crippen LogP contribution in [0.2, 0.25) is 0 Å². The number of para-hydroxylation sites is 2. The van der Waals surface area contributed by atoms with Crippen molar-refractivity contribution in [2.24, 2.45) is 0 Å². The van der Waals surface area contributed by atoms with Crippen molar-refractivity contribution >= 4 is 51.2 Å². The molecule has 127 heavy (non-hydrogen) atoms. The SMILES string of the molecule is Cc1cc(N(c2ccc3c(c2)C(C)(C)c2ccccc2-3)c2ccc3c(c2)C(C)(C)c2cc(-c4ccc(-c5ccc(N6c7ccccc7N(c7ccc(-c8ccccc8)cc7)c7cc(-c8ccc9c(c8)C8(c%10ccccc%10-c%10ccccc%108)c8ccccc8-9)ccc76)cc5)cc4)ccc2-3)c(C)cc1-c1ccc2c(c1)C1(c3ccccc3-c3ccccc31)c1ccccc1-2. The van der Waals surface area contributed by atoms with E-state index >= 15 is 0 Å². The van der Waals surface area contributed by atoms with Gasteiger partial charge in [-0.3, -0.25) is 0 Å². The van der Waals surface area contributed by atoms with E-state index in [4.69, 9.17) is 0 Å². The molecule has 3 nitrogen and oxygen atoms in total. The van der Waals surface area contributed by atoms with Crippen molar-refractivity contribution < 1.29 is 0 Å². The lowest BCUT2D eigenvalue weighted by Gasteiger charge is -2.40. The molecule has 0 saturated carbocycles. The number of rotatable bonds is 10. The predicted octanol–water partition coefficient (Wildman–Crippen LogP) is 32.7. The zero-order valence-corrected chi connectivity index (χ0v) is 71.7. The standard InChI is InChI=1S/C124H87N3/c1-76-69-119(77(2)68-103(76)86-54-64-102-97-34-16-23-41-110(97)124(115(102)72-86)107-38-20-13-31-94(107)95-32-14-21-39-108(95)124)125(89-60-65-99-91-28-10-17-35-104(91)121(3,4)112(99)74-89)90-61-66-100-98-62-52-83(70-111(98)122(5,6)113(100)75-90)82-46-44-79(45-47-82)81-50-56-87(57-51-81)126-116-42-24-25-43-117(116)127(88-58-48-80(49-59-88)78-26-8-7-9-27-78)120-73-85(55-67-118(120)126)84-53-63-101-96-33-15-22-40-109(96)123(114(101)71-84)105-36-18-11-29-92(105)93-30-12-19-37-106(93)123/h7-75H,1-6H3. The third-order valence-corrected chi connectivity index (χ3v) is 29.9. The second-order valence-corrected chi connectivity index (χ2v) is 37.0. The number of fused-ring (bicyclic) bond motifs is 28. The highest BCUT2D eigenvalue weighted by Gasteiger charge is 2.54. The molecular formula is C124H87N3. The van der Waals surface area contributed by atoms with E-state index < -0.39 is 10.8 Å². The predicted molar refractivity (Wildman–Crippen MR) is 528 cm³/mol. The van der Waals surface area contributed by atoms with Gasteiger partial charge in [0.05, 0.1) is 33.6 Å². The normalized spacial score (nSPS) is 14.6. The van der Waals surface area contributed by atoms with Gasteiger partial charge in [-0.2, -0.15) is 0 Å². The average Bonchev–Trinajstić information content (AvgIpc) is 1.51. The molecule has 19 aromatic rings. The summed E-state index contributed by atoms with van der Waals surface area (Å²) in [6.07, 6.45) is 0. The maximum Gasteiger partial charge on any atom is 0.0725 e. The Balaban J connectivity index is 0.527. The van der Waals surface area contributed by atoms with Gasteiger partial charge >= 0.3 is 0 Å². The lowest BCUT2D eigenvalue weighted by Crippen LogP contribution is -2.25. The molecule has 598 valence electrons. The van der Waals surface area contributed by atoms with Gasteiger partial charge in [0.25, 0.3) is 0 Å². The lowest BCUT2D eigenvalue weighted by atomic mass is 9.70. The van der Waals surface area contributed by atoms with Crippen LogP contribution >= 0.6 is 0 Å². The van der Waals surface area contributed by atoms with E-state index in [0.717, 1.165) is 56.6 Å². The lowest BCUT2D eigenvalue weighted by molar-refractivity contribution is 0.660. The summed E-state index contributed by atoms with van der Waals surface area (Å²) in [6, 6.07) is 159. The van der Waals surface area contributed by atoms with Gasteiger partial charge in [-0.1, -0.05) is 343 Å². The van der Waals surface area contributed by atoms with Crippen molar-refractivity contribution in [3.63, 3.8) is 0 Å². The van der Waals surface area contributed by atoms with E-state index in [1.54, 1.807) is 0 Å². The quantitative estimate of drug-likeness (QED) is 0.135. The maximum atomic E-state index is 2.56. The molecular weight excluding hydrogens is 1530 g/mol. The van der Waals surface area contributed by atoms with Gasteiger partial charge in [-0.25, -0.2) is 0 Å². The Bertz CT molecular complexity index is 7780. The summed E-state index contributed by atoms with van der Waals surface area (Å²) in [5.74, 6) is 0. The van der Waals surface area contributed by atoms with Crippen LogP contribution in [0.15, 0.2) is 419 Å². The smallest absolute Gasteiger partial charge is 0.0725 e. The molecule has 3 heteroatoms. The van der Waals surface area contributed by atoms with Crippen molar-refractivity contribution in [3.8, 4) is 122 Å². The average molecular weight is 1620 g/mol. The first-order chi connectivity index (χ1) is 62.3. The van der Waals surface area contributed by atoms with Gasteiger partial charge in [-0.15, -0.1) is 0 Å². The number of anilines is 9. The number of aryl methyl sites for hydroxylation is 2. The molecule has 0 aromatic heterocycles. The van der Waals surface area contributed by atoms with Crippen LogP contribution in [-0.2, 0) is 21.7 Å². The van der Waals surface area contributed by atoms with E-state index in [2.05, 4.69) is 475 Å². The molecule has 1 heterocycles. The molecule has 26 rings (SSSR count). The van der Waals surface area contributed by atoms with Gasteiger partial charge in [0, 0.05) is 39.3 Å². The molecule has 6 aliphatic carbocycles. The van der Waals surface area contributed by atoms with Gasteiger partial charge in [0.2, 0.25) is 0 Å². The minimum absolute atomic E-state index is 0.186. The first kappa shape index (κ1) is 73.1. The van der Waals surface area contributed by atoms with Crippen LogP contribution in [0, 0.1) is 13.8 Å². The molecule has 0 fully saturated rings. The van der Waals surface area contributed by atoms with Crippen LogP contribution in [0.3, 0.4) is 0 Å². The summed E-state index contributed by atoms with van der Waals surface area (Å²) in [7, 11) is 0. The Morgan fingerprint density at radius 3 is 0.921 bits per heavy atom. The third-order valence-electron chi connectivity index (χ3n) is 29.9. The van der Waals surface area contributed by atoms with E-state index in [0.29, 0.717) is 0 Å². The second kappa shape index (κ2) is 27.0. The molecule has 0 amide bonds. The zero-order valence-electron chi connectivity index (χ0n) is 71.7. The van der Waals surface area contributed by atoms with Crippen molar-refractivity contribution in [2.75, 3.05) is 14.7 Å². The van der Waals surface area contributed by atoms with Crippen LogP contribution < -0.4 is 14.7 Å². The molecule has 2 spiro atoms. The molecule has 0 radical (unpaired) electrons. The highest BCUT2D eigenvalue weighted by atomic mass is 15.3. The number of hydrogen-bond acceptors (Lipinski definition) is 3. The first-order valence-corrected chi connectivity index (χ1v) is 44.8. The Kier molecular flexibility index (Phi) is 15.6. The van der Waals surface area contributed by atoms with Crippen LogP contribution in [0.5, 0.6) is 0 Å². The summed E-state index contributed by atoms with van der Waals surface area (Å²) in [5.41, 5.74) is 54.9. The summed E-state index contributed by atoms with van der Waals surface area (Å²) in [4.78, 5) is 7.50. The fourth-order valence-corrected chi connectivity index (χ4v) is 24.0. The molecule has 0 atom stereocenters. The Labute approximate surface area is 742 Å². The van der Waals surface area contributed by atoms with Crippen molar-refractivity contribution in [3.05, 3.63) is 496 Å². The molecule has 1 aliphatic heterocycles. The molecule has 0 N–H and O–H groups in total. The van der Waals surface area contributed by atoms with E-state index in [1.807, 2.05) is 0 Å². The van der Waals surface area contributed by atoms with Crippen LogP contribution in [0.25, 0.3) is 122 Å². The fraction of sp³-hybridized carbons (Fsp3) is 0.0806. The minimum atomic E-state index is -0.453. The van der Waals surface area contributed by atoms with E-state index in [-0.39, 0.29) is 10.8 Å². The molecule has 7 aliphatic rings. The summed E-state index contributed by atoms with van der Waals surface area (Å²) < 4.78 is 0. The van der Waals surface area contributed by atoms with Crippen molar-refractivity contribution in [1.82, 2.24) is 0 Å². The summed E-state index contributed by atoms with van der Waals surface area (Å²) in [5, 5.41) is 0. The van der Waals surface area contributed by atoms with Crippen molar-refractivity contribution in [1.29, 1.82) is 0 Å². The monoisotopic (exact) mass is 1620 g/mol. The number of nitrogens with zero attached hydrogens (tertiary/aromatic N) is 3. The summed E-state index contributed by atoms with van der Waals surface area (Å²) in [6.45, 7) is 14.3. The fourth-order valence-electron chi connectivity index (χ4n) is 24.0. The van der Waals surface area contributed by atoms with E-state index in [1.165, 1.54) is 195 Å². The Morgan fingerprint density at radius 1 is 0.181 bits per heavy atom. The summed E-state index contributed by atoms with van der Waals surface area (Å²) >= 11 is 0. The van der Waals surface area contributed by atoms with Gasteiger partial charge < -0.3 is 14.7 Å². The van der Waals surface area contributed by atoms with Gasteiger partial charge in [0.1, 0.15) is 0 Å². The highest BCUT2D eigenvalue weighted by Crippen LogP contribution is 2.67. The zero-order chi connectivity index (χ0) is 84.5. The van der Waals surface area contributed by atoms with Crippen molar-refractivity contribution in [2.45, 2.75) is 63.2 Å². The van der Waals surface area contributed by atoms with Gasteiger partial charge in [-0.05, 0) is 317 Å². The molecule has 0 unspecified atom stereocenters. The maximum absolute atomic E-state index is 2.56. The topological polar surface area (TPSA) is 9.72 Å². The van der Waals surface area contributed by atoms with Crippen LogP contribution in [0.1, 0.15) is 106 Å². The molecule has 19 aromatic carbocycles. The first-order valence-electron chi connectivity index (χ1n) is 44.8. The molecule has 0 saturated heterocycles. The minimum Gasteiger partial charge on any atom is -0.310 e. The highest BCUT2D eigenvalue weighted by molar-refractivity contribution is 6.05. The van der Waals surface area contributed by atoms with Crippen LogP contribution in [0.4, 0.5) is 51.2 Å². The number of benzene rings is 19. The van der Waals surface area contributed by atoms with Gasteiger partial charge in [0.15, 0.2) is 0 Å². The Morgan fingerprint density at radius 2 is 0.465 bits per heavy atom. The Hall–Kier alpha value is -15.4. The largest absolute Gasteiger partial charge is 0.310 e. The molecule has 0 bridgehead atoms. The number of hydrogen-bond donors (Lipinski definition) is 0. The second-order valence-electron chi connectivity index (χ2n) is 37.0. The van der Waals surface area contributed by atoms with Crippen LogP contribution in [-0.4, -0.2) is 0 Å². The van der Waals surface area contributed by atoms with E-state index in [9.17, 15) is 0 Å². The third kappa shape index (κ3) is 10.3.